The van der Waals surface area contributed by atoms with E-state index in [-0.39, 0.29) is 6.04 Å². The zero-order valence-electron chi connectivity index (χ0n) is 6.10. The number of carbonyl (C=O) groups is 1. The van der Waals surface area contributed by atoms with Crippen LogP contribution >= 0.6 is 0 Å². The first kappa shape index (κ1) is 6.52. The molecule has 1 heterocycles. The third kappa shape index (κ3) is 1.15. The lowest BCUT2D eigenvalue weighted by molar-refractivity contribution is -0.117. The van der Waals surface area contributed by atoms with E-state index in [4.69, 9.17) is 0 Å². The Morgan fingerprint density at radius 3 is 3.09 bits per heavy atom. The molecule has 4 nitrogen and oxygen atoms in total. The van der Waals surface area contributed by atoms with Gasteiger partial charge in [0, 0.05) is 19.0 Å². The summed E-state index contributed by atoms with van der Waals surface area (Å²) in [6, 6.07) is 0.269. The van der Waals surface area contributed by atoms with Gasteiger partial charge in [0.25, 0.3) is 0 Å². The van der Waals surface area contributed by atoms with Crippen LogP contribution in [0.3, 0.4) is 0 Å². The summed E-state index contributed by atoms with van der Waals surface area (Å²) in [4.78, 5) is 10.9. The van der Waals surface area contributed by atoms with Crippen molar-refractivity contribution < 1.29 is 4.79 Å². The molecule has 1 aliphatic rings. The predicted molar refractivity (Wildman–Crippen MR) is 37.9 cm³/mol. The minimum absolute atomic E-state index is 0.269. The molecule has 1 atom stereocenters. The van der Waals surface area contributed by atoms with Gasteiger partial charge in [-0.1, -0.05) is 5.21 Å². The lowest BCUT2D eigenvalue weighted by Gasteiger charge is -2.05. The molecule has 1 unspecified atom stereocenters. The third-order valence-electron chi connectivity index (χ3n) is 2.03. The van der Waals surface area contributed by atoms with Gasteiger partial charge in [-0.15, -0.1) is 5.10 Å². The number of Topliss-reactive ketones (excluding diaryl/α,β-unsaturated/α-hetero) is 1. The van der Waals surface area contributed by atoms with E-state index in [0.717, 1.165) is 6.42 Å². The van der Waals surface area contributed by atoms with E-state index in [9.17, 15) is 4.79 Å². The van der Waals surface area contributed by atoms with E-state index in [0.29, 0.717) is 18.6 Å². The second-order valence-corrected chi connectivity index (χ2v) is 2.82. The first-order valence-electron chi connectivity index (χ1n) is 3.74. The Kier molecular flexibility index (Phi) is 1.45. The van der Waals surface area contributed by atoms with Crippen molar-refractivity contribution in [1.82, 2.24) is 15.0 Å². The first-order chi connectivity index (χ1) is 5.36. The number of carbonyl (C=O) groups excluding carboxylic acids is 1. The molecule has 1 aromatic heterocycles. The summed E-state index contributed by atoms with van der Waals surface area (Å²) in [6.07, 6.45) is 5.70. The molecule has 58 valence electrons. The van der Waals surface area contributed by atoms with Gasteiger partial charge in [0.2, 0.25) is 0 Å². The van der Waals surface area contributed by atoms with Crippen LogP contribution in [0.4, 0.5) is 0 Å². The molecule has 0 aliphatic heterocycles. The minimum Gasteiger partial charge on any atom is -0.300 e. The standard InChI is InChI=1S/C7H9N3O/c11-7-2-1-6(5-7)10-4-3-8-9-10/h3-4,6H,1-2,5H2. The molecule has 1 aromatic rings. The van der Waals surface area contributed by atoms with Gasteiger partial charge in [-0.25, -0.2) is 4.68 Å². The van der Waals surface area contributed by atoms with Crippen LogP contribution in [0.1, 0.15) is 25.3 Å². The van der Waals surface area contributed by atoms with Crippen molar-refractivity contribution in [1.29, 1.82) is 0 Å². The smallest absolute Gasteiger partial charge is 0.135 e. The number of hydrogen-bond acceptors (Lipinski definition) is 3. The maximum Gasteiger partial charge on any atom is 0.135 e. The highest BCUT2D eigenvalue weighted by atomic mass is 16.1. The van der Waals surface area contributed by atoms with Crippen LogP contribution < -0.4 is 0 Å². The molecule has 0 radical (unpaired) electrons. The summed E-state index contributed by atoms with van der Waals surface area (Å²) in [5.41, 5.74) is 0. The summed E-state index contributed by atoms with van der Waals surface area (Å²) in [5.74, 6) is 0.338. The summed E-state index contributed by atoms with van der Waals surface area (Å²) < 4.78 is 1.77. The van der Waals surface area contributed by atoms with Crippen molar-refractivity contribution >= 4 is 5.78 Å². The van der Waals surface area contributed by atoms with E-state index in [1.165, 1.54) is 0 Å². The van der Waals surface area contributed by atoms with Gasteiger partial charge in [-0.2, -0.15) is 0 Å². The second kappa shape index (κ2) is 2.45. The molecule has 0 saturated heterocycles. The van der Waals surface area contributed by atoms with Crippen LogP contribution in [0.15, 0.2) is 12.4 Å². The largest absolute Gasteiger partial charge is 0.300 e. The summed E-state index contributed by atoms with van der Waals surface area (Å²) >= 11 is 0. The lowest BCUT2D eigenvalue weighted by atomic mass is 10.3. The van der Waals surface area contributed by atoms with Crippen LogP contribution in [0, 0.1) is 0 Å². The topological polar surface area (TPSA) is 47.8 Å². The molecular formula is C7H9N3O. The van der Waals surface area contributed by atoms with E-state index >= 15 is 0 Å². The second-order valence-electron chi connectivity index (χ2n) is 2.82. The van der Waals surface area contributed by atoms with E-state index < -0.39 is 0 Å². The zero-order chi connectivity index (χ0) is 7.68. The van der Waals surface area contributed by atoms with Crippen molar-refractivity contribution in [3.05, 3.63) is 12.4 Å². The van der Waals surface area contributed by atoms with Crippen LogP contribution in [-0.2, 0) is 4.79 Å². The number of hydrogen-bond donors (Lipinski definition) is 0. The van der Waals surface area contributed by atoms with Gasteiger partial charge < -0.3 is 0 Å². The Bertz CT molecular complexity index is 255. The van der Waals surface area contributed by atoms with E-state index in [1.807, 2.05) is 6.20 Å². The average Bonchev–Trinajstić information content (AvgIpc) is 2.55. The van der Waals surface area contributed by atoms with E-state index in [1.54, 1.807) is 10.9 Å². The van der Waals surface area contributed by atoms with Gasteiger partial charge in [0.1, 0.15) is 5.78 Å². The van der Waals surface area contributed by atoms with Crippen molar-refractivity contribution in [2.75, 3.05) is 0 Å². The van der Waals surface area contributed by atoms with Gasteiger partial charge in [-0.3, -0.25) is 4.79 Å². The Morgan fingerprint density at radius 2 is 2.55 bits per heavy atom. The zero-order valence-corrected chi connectivity index (χ0v) is 6.10. The third-order valence-corrected chi connectivity index (χ3v) is 2.03. The van der Waals surface area contributed by atoms with Crippen LogP contribution in [0.25, 0.3) is 0 Å². The molecule has 2 rings (SSSR count). The summed E-state index contributed by atoms with van der Waals surface area (Å²) in [7, 11) is 0. The molecule has 1 aliphatic carbocycles. The Labute approximate surface area is 64.2 Å². The normalized spacial score (nSPS) is 24.4. The molecule has 0 spiro atoms. The van der Waals surface area contributed by atoms with Crippen molar-refractivity contribution in [3.8, 4) is 0 Å². The fourth-order valence-corrected chi connectivity index (χ4v) is 1.43. The number of ketones is 1. The van der Waals surface area contributed by atoms with Crippen LogP contribution in [-0.4, -0.2) is 20.8 Å². The number of aromatic nitrogens is 3. The molecule has 0 amide bonds. The number of rotatable bonds is 1. The SMILES string of the molecule is O=C1CCC(n2ccnn2)C1. The molecule has 0 aromatic carbocycles. The highest BCUT2D eigenvalue weighted by Crippen LogP contribution is 2.25. The molecule has 1 fully saturated rings. The summed E-state index contributed by atoms with van der Waals surface area (Å²) in [6.45, 7) is 0. The molecule has 1 saturated carbocycles. The first-order valence-corrected chi connectivity index (χ1v) is 3.74. The Balaban J connectivity index is 2.13. The average molecular weight is 151 g/mol. The van der Waals surface area contributed by atoms with Crippen molar-refractivity contribution in [2.45, 2.75) is 25.3 Å². The fourth-order valence-electron chi connectivity index (χ4n) is 1.43. The van der Waals surface area contributed by atoms with E-state index in [2.05, 4.69) is 10.3 Å². The summed E-state index contributed by atoms with van der Waals surface area (Å²) in [5, 5.41) is 7.54. The quantitative estimate of drug-likeness (QED) is 0.589. The number of nitrogens with zero attached hydrogens (tertiary/aromatic N) is 3. The maximum atomic E-state index is 10.9. The fraction of sp³-hybridized carbons (Fsp3) is 0.571. The van der Waals surface area contributed by atoms with Gasteiger partial charge >= 0.3 is 0 Å². The molecule has 4 heteroatoms. The molecule has 11 heavy (non-hydrogen) atoms. The van der Waals surface area contributed by atoms with Crippen LogP contribution in [0.5, 0.6) is 0 Å². The maximum absolute atomic E-state index is 10.9. The monoisotopic (exact) mass is 151 g/mol. The van der Waals surface area contributed by atoms with Crippen molar-refractivity contribution in [2.24, 2.45) is 0 Å². The molecule has 0 bridgehead atoms. The molecular weight excluding hydrogens is 142 g/mol. The highest BCUT2D eigenvalue weighted by molar-refractivity contribution is 5.80. The van der Waals surface area contributed by atoms with Gasteiger partial charge in [-0.05, 0) is 6.42 Å². The van der Waals surface area contributed by atoms with Crippen LogP contribution in [0.2, 0.25) is 0 Å². The van der Waals surface area contributed by atoms with Gasteiger partial charge in [0.05, 0.1) is 12.2 Å². The lowest BCUT2D eigenvalue weighted by Crippen LogP contribution is -2.06. The minimum atomic E-state index is 0.269. The Morgan fingerprint density at radius 1 is 1.64 bits per heavy atom. The molecule has 0 N–H and O–H groups in total. The predicted octanol–water partition coefficient (Wildman–Crippen LogP) is 0.572. The Hall–Kier alpha value is -1.19. The van der Waals surface area contributed by atoms with Gasteiger partial charge in [0.15, 0.2) is 0 Å². The highest BCUT2D eigenvalue weighted by Gasteiger charge is 2.23. The van der Waals surface area contributed by atoms with Crippen molar-refractivity contribution in [3.63, 3.8) is 0 Å².